The maximum Gasteiger partial charge on any atom is 0.138 e. The highest BCUT2D eigenvalue weighted by molar-refractivity contribution is 9.10. The van der Waals surface area contributed by atoms with Crippen LogP contribution in [0.3, 0.4) is 0 Å². The van der Waals surface area contributed by atoms with E-state index in [9.17, 15) is 0 Å². The minimum Gasteiger partial charge on any atom is -0.309 e. The smallest absolute Gasteiger partial charge is 0.138 e. The highest BCUT2D eigenvalue weighted by Crippen LogP contribution is 2.13. The Kier molecular flexibility index (Phi) is 3.07. The normalized spacial score (nSPS) is 11.5. The van der Waals surface area contributed by atoms with E-state index in [0.717, 1.165) is 28.8 Å². The molecule has 0 aliphatic carbocycles. The standard InChI is InChI=1S/C11H14BrN3/c1-14(2)5-4-10-8-15-6-3-9(12)7-11(15)13-10/h3,6-8H,4-5H2,1-2H3. The second-order valence-corrected chi connectivity index (χ2v) is 4.81. The van der Waals surface area contributed by atoms with Gasteiger partial charge in [-0.25, -0.2) is 4.98 Å². The van der Waals surface area contributed by atoms with E-state index < -0.39 is 0 Å². The van der Waals surface area contributed by atoms with Crippen molar-refractivity contribution in [2.45, 2.75) is 6.42 Å². The van der Waals surface area contributed by atoms with Crippen molar-refractivity contribution in [1.82, 2.24) is 14.3 Å². The highest BCUT2D eigenvalue weighted by atomic mass is 79.9. The summed E-state index contributed by atoms with van der Waals surface area (Å²) in [6, 6.07) is 4.05. The number of fused-ring (bicyclic) bond motifs is 1. The molecule has 2 aromatic heterocycles. The van der Waals surface area contributed by atoms with Gasteiger partial charge >= 0.3 is 0 Å². The molecule has 0 saturated heterocycles. The van der Waals surface area contributed by atoms with Crippen LogP contribution in [0.4, 0.5) is 0 Å². The van der Waals surface area contributed by atoms with Crippen LogP contribution in [0.5, 0.6) is 0 Å². The minimum atomic E-state index is 0.992. The van der Waals surface area contributed by atoms with Gasteiger partial charge in [0, 0.05) is 29.8 Å². The van der Waals surface area contributed by atoms with Gasteiger partial charge in [0.1, 0.15) is 5.65 Å². The number of pyridine rings is 1. The average Bonchev–Trinajstić information content (AvgIpc) is 2.56. The van der Waals surface area contributed by atoms with E-state index in [1.807, 2.05) is 18.3 Å². The fourth-order valence-corrected chi connectivity index (χ4v) is 1.79. The fraction of sp³-hybridized carbons (Fsp3) is 0.364. The Morgan fingerprint density at radius 3 is 3.00 bits per heavy atom. The number of hydrogen-bond acceptors (Lipinski definition) is 2. The van der Waals surface area contributed by atoms with Crippen LogP contribution < -0.4 is 0 Å². The molecular formula is C11H14BrN3. The molecule has 80 valence electrons. The third-order valence-electron chi connectivity index (χ3n) is 2.29. The van der Waals surface area contributed by atoms with E-state index in [4.69, 9.17) is 0 Å². The van der Waals surface area contributed by atoms with E-state index in [1.165, 1.54) is 0 Å². The Bertz CT molecular complexity index is 462. The first-order chi connectivity index (χ1) is 7.15. The lowest BCUT2D eigenvalue weighted by Crippen LogP contribution is -2.15. The van der Waals surface area contributed by atoms with Crippen molar-refractivity contribution in [3.8, 4) is 0 Å². The lowest BCUT2D eigenvalue weighted by atomic mass is 10.3. The molecule has 2 heterocycles. The molecule has 0 aromatic carbocycles. The van der Waals surface area contributed by atoms with Gasteiger partial charge in [0.15, 0.2) is 0 Å². The number of likely N-dealkylation sites (N-methyl/N-ethyl adjacent to an activating group) is 1. The second kappa shape index (κ2) is 4.33. The first-order valence-corrected chi connectivity index (χ1v) is 5.72. The van der Waals surface area contributed by atoms with Gasteiger partial charge in [0.2, 0.25) is 0 Å². The largest absolute Gasteiger partial charge is 0.309 e. The van der Waals surface area contributed by atoms with Gasteiger partial charge in [0.25, 0.3) is 0 Å². The van der Waals surface area contributed by atoms with E-state index in [-0.39, 0.29) is 0 Å². The van der Waals surface area contributed by atoms with Crippen LogP contribution in [-0.2, 0) is 6.42 Å². The number of imidazole rings is 1. The summed E-state index contributed by atoms with van der Waals surface area (Å²) >= 11 is 3.44. The monoisotopic (exact) mass is 267 g/mol. The molecule has 0 bridgehead atoms. The summed E-state index contributed by atoms with van der Waals surface area (Å²) in [5.41, 5.74) is 2.14. The molecule has 0 N–H and O–H groups in total. The maximum absolute atomic E-state index is 4.55. The quantitative estimate of drug-likeness (QED) is 0.850. The van der Waals surface area contributed by atoms with Crippen LogP contribution in [-0.4, -0.2) is 34.9 Å². The Balaban J connectivity index is 2.23. The van der Waals surface area contributed by atoms with Crippen LogP contribution in [0.1, 0.15) is 5.69 Å². The first-order valence-electron chi connectivity index (χ1n) is 4.93. The Hall–Kier alpha value is -0.870. The van der Waals surface area contributed by atoms with Crippen LogP contribution in [0.25, 0.3) is 5.65 Å². The lowest BCUT2D eigenvalue weighted by molar-refractivity contribution is 0.412. The zero-order valence-corrected chi connectivity index (χ0v) is 10.5. The van der Waals surface area contributed by atoms with Crippen LogP contribution in [0.15, 0.2) is 29.0 Å². The molecule has 0 fully saturated rings. The zero-order valence-electron chi connectivity index (χ0n) is 8.94. The molecule has 0 aliphatic heterocycles. The molecule has 2 aromatic rings. The molecule has 0 spiro atoms. The summed E-state index contributed by atoms with van der Waals surface area (Å²) in [6.45, 7) is 1.03. The minimum absolute atomic E-state index is 0.992. The third kappa shape index (κ3) is 2.58. The van der Waals surface area contributed by atoms with Crippen molar-refractivity contribution in [3.63, 3.8) is 0 Å². The Morgan fingerprint density at radius 2 is 2.27 bits per heavy atom. The van der Waals surface area contributed by atoms with E-state index in [0.29, 0.717) is 0 Å². The van der Waals surface area contributed by atoms with Gasteiger partial charge in [-0.2, -0.15) is 0 Å². The summed E-state index contributed by atoms with van der Waals surface area (Å²) < 4.78 is 3.12. The van der Waals surface area contributed by atoms with Gasteiger partial charge in [-0.15, -0.1) is 0 Å². The maximum atomic E-state index is 4.55. The topological polar surface area (TPSA) is 20.5 Å². The average molecular weight is 268 g/mol. The molecule has 2 rings (SSSR count). The molecular weight excluding hydrogens is 254 g/mol. The molecule has 0 radical (unpaired) electrons. The highest BCUT2D eigenvalue weighted by Gasteiger charge is 2.02. The lowest BCUT2D eigenvalue weighted by Gasteiger charge is -2.06. The van der Waals surface area contributed by atoms with Gasteiger partial charge in [-0.3, -0.25) is 0 Å². The molecule has 0 atom stereocenters. The van der Waals surface area contributed by atoms with Gasteiger partial charge in [-0.1, -0.05) is 15.9 Å². The van der Waals surface area contributed by atoms with Crippen LogP contribution in [0.2, 0.25) is 0 Å². The molecule has 4 heteroatoms. The van der Waals surface area contributed by atoms with E-state index in [1.54, 1.807) is 0 Å². The van der Waals surface area contributed by atoms with Gasteiger partial charge in [-0.05, 0) is 26.2 Å². The second-order valence-electron chi connectivity index (χ2n) is 3.90. The van der Waals surface area contributed by atoms with Crippen molar-refractivity contribution >= 4 is 21.6 Å². The molecule has 15 heavy (non-hydrogen) atoms. The summed E-state index contributed by atoms with van der Waals surface area (Å²) in [4.78, 5) is 6.72. The molecule has 0 saturated carbocycles. The number of hydrogen-bond donors (Lipinski definition) is 0. The predicted molar refractivity (Wildman–Crippen MR) is 65.2 cm³/mol. The summed E-state index contributed by atoms with van der Waals surface area (Å²) in [5, 5.41) is 0. The number of rotatable bonds is 3. The van der Waals surface area contributed by atoms with Gasteiger partial charge < -0.3 is 9.30 Å². The summed E-state index contributed by atoms with van der Waals surface area (Å²) in [6.07, 6.45) is 5.10. The fourth-order valence-electron chi connectivity index (χ4n) is 1.47. The van der Waals surface area contributed by atoms with Crippen molar-refractivity contribution in [2.24, 2.45) is 0 Å². The van der Waals surface area contributed by atoms with E-state index >= 15 is 0 Å². The molecule has 0 amide bonds. The first kappa shape index (κ1) is 10.6. The number of halogens is 1. The Labute approximate surface area is 97.9 Å². The molecule has 3 nitrogen and oxygen atoms in total. The number of nitrogens with zero attached hydrogens (tertiary/aromatic N) is 3. The van der Waals surface area contributed by atoms with Crippen LogP contribution >= 0.6 is 15.9 Å². The van der Waals surface area contributed by atoms with Crippen molar-refractivity contribution in [2.75, 3.05) is 20.6 Å². The summed E-state index contributed by atoms with van der Waals surface area (Å²) in [7, 11) is 4.15. The van der Waals surface area contributed by atoms with Crippen molar-refractivity contribution in [3.05, 3.63) is 34.7 Å². The summed E-state index contributed by atoms with van der Waals surface area (Å²) in [5.74, 6) is 0. The van der Waals surface area contributed by atoms with Crippen molar-refractivity contribution in [1.29, 1.82) is 0 Å². The SMILES string of the molecule is CN(C)CCc1cn2ccc(Br)cc2n1. The molecule has 0 unspecified atom stereocenters. The predicted octanol–water partition coefficient (Wildman–Crippen LogP) is 2.20. The third-order valence-corrected chi connectivity index (χ3v) is 2.78. The van der Waals surface area contributed by atoms with Gasteiger partial charge in [0.05, 0.1) is 5.69 Å². The molecule has 0 aliphatic rings. The van der Waals surface area contributed by atoms with E-state index in [2.05, 4.69) is 50.5 Å². The Morgan fingerprint density at radius 1 is 1.47 bits per heavy atom. The van der Waals surface area contributed by atoms with Crippen molar-refractivity contribution < 1.29 is 0 Å². The van der Waals surface area contributed by atoms with Crippen LogP contribution in [0, 0.1) is 0 Å². The zero-order chi connectivity index (χ0) is 10.8. The number of aromatic nitrogens is 2.